The molecular weight excluding hydrogens is 304 g/mol. The fraction of sp³-hybridized carbons (Fsp3) is 0.368. The quantitative estimate of drug-likeness (QED) is 0.848. The number of ether oxygens (including phenoxy) is 1. The molecule has 1 aromatic heterocycles. The molecule has 0 radical (unpaired) electrons. The third kappa shape index (κ3) is 3.85. The molecular formula is C19H24N2O3. The summed E-state index contributed by atoms with van der Waals surface area (Å²) in [5, 5.41) is 2.73. The van der Waals surface area contributed by atoms with Crippen molar-refractivity contribution in [1.82, 2.24) is 4.57 Å². The minimum Gasteiger partial charge on any atom is -0.449 e. The molecule has 2 rings (SSSR count). The van der Waals surface area contributed by atoms with E-state index < -0.39 is 12.1 Å². The molecule has 0 aliphatic heterocycles. The van der Waals surface area contributed by atoms with E-state index >= 15 is 0 Å². The van der Waals surface area contributed by atoms with Crippen molar-refractivity contribution in [3.05, 3.63) is 53.3 Å². The van der Waals surface area contributed by atoms with Crippen LogP contribution in [0.15, 0.2) is 36.4 Å². The minimum atomic E-state index is -0.875. The molecule has 0 fully saturated rings. The van der Waals surface area contributed by atoms with Gasteiger partial charge in [-0.25, -0.2) is 4.79 Å². The number of rotatable bonds is 5. The van der Waals surface area contributed by atoms with Gasteiger partial charge in [0, 0.05) is 23.1 Å². The first-order chi connectivity index (χ1) is 11.3. The highest BCUT2D eigenvalue weighted by Crippen LogP contribution is 2.21. The van der Waals surface area contributed by atoms with Gasteiger partial charge in [0.15, 0.2) is 6.10 Å². The number of esters is 1. The summed E-state index contributed by atoms with van der Waals surface area (Å²) >= 11 is 0. The highest BCUT2D eigenvalue weighted by Gasteiger charge is 2.23. The first-order valence-electron chi connectivity index (χ1n) is 8.06. The number of aromatic nitrogens is 1. The van der Waals surface area contributed by atoms with Gasteiger partial charge < -0.3 is 14.6 Å². The molecule has 1 heterocycles. The second kappa shape index (κ2) is 7.34. The fourth-order valence-electron chi connectivity index (χ4n) is 2.82. The van der Waals surface area contributed by atoms with E-state index in [0.29, 0.717) is 11.3 Å². The molecule has 1 amide bonds. The molecule has 0 unspecified atom stereocenters. The number of amides is 1. The Morgan fingerprint density at radius 1 is 1.08 bits per heavy atom. The van der Waals surface area contributed by atoms with Gasteiger partial charge in [-0.3, -0.25) is 4.79 Å². The van der Waals surface area contributed by atoms with Crippen LogP contribution >= 0.6 is 0 Å². The van der Waals surface area contributed by atoms with Gasteiger partial charge in [0.05, 0.1) is 5.56 Å². The van der Waals surface area contributed by atoms with Crippen LogP contribution in [-0.2, 0) is 9.53 Å². The monoisotopic (exact) mass is 328 g/mol. The molecule has 1 atom stereocenters. The lowest BCUT2D eigenvalue weighted by molar-refractivity contribution is -0.123. The molecule has 0 bridgehead atoms. The number of para-hydroxylation sites is 1. The summed E-state index contributed by atoms with van der Waals surface area (Å²) in [5.74, 6) is -0.835. The Morgan fingerprint density at radius 2 is 1.71 bits per heavy atom. The molecule has 128 valence electrons. The molecule has 5 nitrogen and oxygen atoms in total. The van der Waals surface area contributed by atoms with Crippen molar-refractivity contribution >= 4 is 17.6 Å². The highest BCUT2D eigenvalue weighted by atomic mass is 16.5. The van der Waals surface area contributed by atoms with Gasteiger partial charge in [0.25, 0.3) is 5.91 Å². The summed E-state index contributed by atoms with van der Waals surface area (Å²) in [6, 6.07) is 11.1. The molecule has 0 saturated heterocycles. The number of benzene rings is 1. The van der Waals surface area contributed by atoms with Crippen molar-refractivity contribution in [3.8, 4) is 0 Å². The molecule has 0 aliphatic carbocycles. The minimum absolute atomic E-state index is 0.255. The Balaban J connectivity index is 2.06. The highest BCUT2D eigenvalue weighted by molar-refractivity contribution is 5.97. The van der Waals surface area contributed by atoms with Crippen LogP contribution in [0.4, 0.5) is 5.69 Å². The predicted octanol–water partition coefficient (Wildman–Crippen LogP) is 3.87. The van der Waals surface area contributed by atoms with Crippen molar-refractivity contribution in [1.29, 1.82) is 0 Å². The molecule has 1 aromatic carbocycles. The summed E-state index contributed by atoms with van der Waals surface area (Å²) in [5.41, 5.74) is 3.02. The van der Waals surface area contributed by atoms with Gasteiger partial charge in [-0.15, -0.1) is 0 Å². The van der Waals surface area contributed by atoms with Gasteiger partial charge in [-0.2, -0.15) is 0 Å². The third-order valence-electron chi connectivity index (χ3n) is 3.92. The first-order valence-corrected chi connectivity index (χ1v) is 8.06. The zero-order valence-corrected chi connectivity index (χ0v) is 14.8. The Morgan fingerprint density at radius 3 is 2.25 bits per heavy atom. The normalized spacial score (nSPS) is 12.1. The Bertz CT molecular complexity index is 733. The van der Waals surface area contributed by atoms with Crippen LogP contribution in [-0.4, -0.2) is 22.5 Å². The van der Waals surface area contributed by atoms with E-state index in [1.165, 1.54) is 0 Å². The number of anilines is 1. The van der Waals surface area contributed by atoms with Crippen LogP contribution in [0.25, 0.3) is 0 Å². The SMILES string of the molecule is Cc1cc(C(=O)O[C@@H](C)C(=O)Nc2ccccc2)c(C)n1C(C)C. The topological polar surface area (TPSA) is 60.3 Å². The number of nitrogens with zero attached hydrogens (tertiary/aromatic N) is 1. The summed E-state index contributed by atoms with van der Waals surface area (Å²) in [4.78, 5) is 24.6. The van der Waals surface area contributed by atoms with Crippen LogP contribution in [0, 0.1) is 13.8 Å². The second-order valence-corrected chi connectivity index (χ2v) is 6.15. The maximum atomic E-state index is 12.4. The maximum absolute atomic E-state index is 12.4. The standard InChI is InChI=1S/C19H24N2O3/c1-12(2)21-13(3)11-17(14(21)4)19(23)24-15(5)18(22)20-16-9-7-6-8-10-16/h6-12,15H,1-5H3,(H,20,22)/t15-/m0/s1. The van der Waals surface area contributed by atoms with E-state index in [1.807, 2.05) is 32.0 Å². The number of carbonyl (C=O) groups is 2. The van der Waals surface area contributed by atoms with Gasteiger partial charge in [0.2, 0.25) is 0 Å². The first kappa shape index (κ1) is 17.8. The summed E-state index contributed by atoms with van der Waals surface area (Å²) in [6.07, 6.45) is -0.875. The largest absolute Gasteiger partial charge is 0.449 e. The van der Waals surface area contributed by atoms with E-state index in [1.54, 1.807) is 25.1 Å². The molecule has 2 aromatic rings. The Kier molecular flexibility index (Phi) is 5.44. The van der Waals surface area contributed by atoms with Crippen molar-refractivity contribution in [2.45, 2.75) is 46.8 Å². The molecule has 5 heteroatoms. The average Bonchev–Trinajstić information content (AvgIpc) is 2.83. The van der Waals surface area contributed by atoms with Crippen LogP contribution in [0.5, 0.6) is 0 Å². The van der Waals surface area contributed by atoms with Crippen molar-refractivity contribution in [2.75, 3.05) is 5.32 Å². The van der Waals surface area contributed by atoms with Crippen LogP contribution in [0.2, 0.25) is 0 Å². The number of hydrogen-bond acceptors (Lipinski definition) is 3. The zero-order valence-electron chi connectivity index (χ0n) is 14.8. The van der Waals surface area contributed by atoms with E-state index in [4.69, 9.17) is 4.74 Å². The Labute approximate surface area is 142 Å². The van der Waals surface area contributed by atoms with Crippen LogP contribution in [0.3, 0.4) is 0 Å². The van der Waals surface area contributed by atoms with Gasteiger partial charge in [-0.05, 0) is 52.8 Å². The Hall–Kier alpha value is -2.56. The lowest BCUT2D eigenvalue weighted by atomic mass is 10.2. The van der Waals surface area contributed by atoms with E-state index in [-0.39, 0.29) is 11.9 Å². The molecule has 0 spiro atoms. The van der Waals surface area contributed by atoms with Crippen LogP contribution < -0.4 is 5.32 Å². The van der Waals surface area contributed by atoms with Gasteiger partial charge >= 0.3 is 5.97 Å². The fourth-order valence-corrected chi connectivity index (χ4v) is 2.82. The molecule has 1 N–H and O–H groups in total. The number of aryl methyl sites for hydroxylation is 1. The molecule has 24 heavy (non-hydrogen) atoms. The summed E-state index contributed by atoms with van der Waals surface area (Å²) in [7, 11) is 0. The van der Waals surface area contributed by atoms with E-state index in [0.717, 1.165) is 11.4 Å². The van der Waals surface area contributed by atoms with Crippen molar-refractivity contribution in [2.24, 2.45) is 0 Å². The maximum Gasteiger partial charge on any atom is 0.340 e. The van der Waals surface area contributed by atoms with Gasteiger partial charge in [-0.1, -0.05) is 18.2 Å². The number of nitrogens with one attached hydrogen (secondary N) is 1. The lowest BCUT2D eigenvalue weighted by Crippen LogP contribution is -2.30. The zero-order chi connectivity index (χ0) is 17.9. The summed E-state index contributed by atoms with van der Waals surface area (Å²) in [6.45, 7) is 9.53. The molecule has 0 aliphatic rings. The lowest BCUT2D eigenvalue weighted by Gasteiger charge is -2.15. The van der Waals surface area contributed by atoms with Gasteiger partial charge in [0.1, 0.15) is 0 Å². The third-order valence-corrected chi connectivity index (χ3v) is 3.92. The van der Waals surface area contributed by atoms with E-state index in [2.05, 4.69) is 23.7 Å². The predicted molar refractivity (Wildman–Crippen MR) is 94.2 cm³/mol. The number of hydrogen-bond donors (Lipinski definition) is 1. The summed E-state index contributed by atoms with van der Waals surface area (Å²) < 4.78 is 7.41. The van der Waals surface area contributed by atoms with Crippen molar-refractivity contribution in [3.63, 3.8) is 0 Å². The smallest absolute Gasteiger partial charge is 0.340 e. The average molecular weight is 328 g/mol. The van der Waals surface area contributed by atoms with E-state index in [9.17, 15) is 9.59 Å². The number of carbonyl (C=O) groups excluding carboxylic acids is 2. The van der Waals surface area contributed by atoms with Crippen molar-refractivity contribution < 1.29 is 14.3 Å². The van der Waals surface area contributed by atoms with Crippen LogP contribution in [0.1, 0.15) is 48.6 Å². The molecule has 0 saturated carbocycles. The second-order valence-electron chi connectivity index (χ2n) is 6.15.